The lowest BCUT2D eigenvalue weighted by molar-refractivity contribution is -0.147. The summed E-state index contributed by atoms with van der Waals surface area (Å²) in [6.45, 7) is 2.48. The molecule has 5 nitrogen and oxygen atoms in total. The van der Waals surface area contributed by atoms with Crippen molar-refractivity contribution in [1.82, 2.24) is 4.90 Å². The van der Waals surface area contributed by atoms with Gasteiger partial charge in [-0.2, -0.15) is 0 Å². The van der Waals surface area contributed by atoms with Crippen LogP contribution in [0.1, 0.15) is 19.8 Å². The first kappa shape index (κ1) is 15.6. The van der Waals surface area contributed by atoms with Gasteiger partial charge in [0, 0.05) is 18.1 Å². The number of halogens is 1. The van der Waals surface area contributed by atoms with E-state index in [2.05, 4.69) is 0 Å². The molecule has 0 aromatic heterocycles. The minimum absolute atomic E-state index is 0.194. The summed E-state index contributed by atoms with van der Waals surface area (Å²) >= 11 is 5.87. The molecule has 6 heteroatoms. The van der Waals surface area contributed by atoms with Gasteiger partial charge in [0.2, 0.25) is 0 Å². The predicted molar refractivity (Wildman–Crippen MR) is 78.5 cm³/mol. The second-order valence-electron chi connectivity index (χ2n) is 5.18. The quantitative estimate of drug-likeness (QED) is 0.927. The third kappa shape index (κ3) is 4.11. The summed E-state index contributed by atoms with van der Waals surface area (Å²) in [5.74, 6) is -1.01. The number of hydrogen-bond acceptors (Lipinski definition) is 3. The Morgan fingerprint density at radius 1 is 1.48 bits per heavy atom. The van der Waals surface area contributed by atoms with Gasteiger partial charge in [-0.25, -0.2) is 0 Å². The number of likely N-dealkylation sites (tertiary alicyclic amines) is 1. The van der Waals surface area contributed by atoms with Crippen LogP contribution in [0.2, 0.25) is 5.02 Å². The fraction of sp³-hybridized carbons (Fsp3) is 0.467. The molecule has 1 aromatic carbocycles. The Bertz CT molecular complexity index is 534. The highest BCUT2D eigenvalue weighted by molar-refractivity contribution is 6.30. The van der Waals surface area contributed by atoms with Gasteiger partial charge >= 0.3 is 5.97 Å². The lowest BCUT2D eigenvalue weighted by Gasteiger charge is -2.32. The zero-order valence-corrected chi connectivity index (χ0v) is 12.5. The number of aliphatic carboxylic acids is 1. The number of ether oxygens (including phenoxy) is 1. The van der Waals surface area contributed by atoms with Crippen molar-refractivity contribution in [1.29, 1.82) is 0 Å². The van der Waals surface area contributed by atoms with E-state index in [1.54, 1.807) is 36.1 Å². The first-order chi connectivity index (χ1) is 9.97. The summed E-state index contributed by atoms with van der Waals surface area (Å²) in [6.07, 6.45) is 0.644. The van der Waals surface area contributed by atoms with E-state index in [0.29, 0.717) is 30.2 Å². The second kappa shape index (κ2) is 6.80. The van der Waals surface area contributed by atoms with Gasteiger partial charge < -0.3 is 14.7 Å². The topological polar surface area (TPSA) is 66.8 Å². The maximum Gasteiger partial charge on any atom is 0.308 e. The number of piperidine rings is 1. The average Bonchev–Trinajstić information content (AvgIpc) is 2.46. The van der Waals surface area contributed by atoms with E-state index in [4.69, 9.17) is 21.4 Å². The molecule has 0 radical (unpaired) electrons. The first-order valence-electron chi connectivity index (χ1n) is 6.91. The molecule has 0 aliphatic carbocycles. The van der Waals surface area contributed by atoms with Crippen LogP contribution in [0, 0.1) is 5.92 Å². The molecule has 1 fully saturated rings. The molecule has 0 spiro atoms. The molecule has 21 heavy (non-hydrogen) atoms. The van der Waals surface area contributed by atoms with Crippen molar-refractivity contribution in [2.24, 2.45) is 5.92 Å². The van der Waals surface area contributed by atoms with Crippen molar-refractivity contribution < 1.29 is 19.4 Å². The van der Waals surface area contributed by atoms with Crippen LogP contribution < -0.4 is 4.74 Å². The third-order valence-corrected chi connectivity index (χ3v) is 3.77. The Morgan fingerprint density at radius 3 is 2.90 bits per heavy atom. The van der Waals surface area contributed by atoms with Crippen LogP contribution >= 0.6 is 11.6 Å². The fourth-order valence-electron chi connectivity index (χ4n) is 2.43. The van der Waals surface area contributed by atoms with E-state index in [0.717, 1.165) is 0 Å². The van der Waals surface area contributed by atoms with Crippen LogP contribution in [0.15, 0.2) is 24.3 Å². The molecule has 2 rings (SSSR count). The van der Waals surface area contributed by atoms with Crippen molar-refractivity contribution in [3.63, 3.8) is 0 Å². The predicted octanol–water partition coefficient (Wildman–Crippen LogP) is 2.43. The number of carbonyl (C=O) groups is 2. The maximum absolute atomic E-state index is 12.3. The van der Waals surface area contributed by atoms with Gasteiger partial charge in [0.15, 0.2) is 6.10 Å². The normalized spacial score (nSPS) is 19.9. The summed E-state index contributed by atoms with van der Waals surface area (Å²) in [6, 6.07) is 6.84. The highest BCUT2D eigenvalue weighted by Crippen LogP contribution is 2.21. The molecule has 1 saturated heterocycles. The summed E-state index contributed by atoms with van der Waals surface area (Å²) < 4.78 is 5.58. The standard InChI is InChI=1S/C15H18ClNO4/c1-10(21-13-6-2-5-12(16)8-13)14(18)17-7-3-4-11(9-17)15(19)20/h2,5-6,8,10-11H,3-4,7,9H2,1H3,(H,19,20)/t10-,11-/m0/s1. The molecule has 114 valence electrons. The molecule has 2 atom stereocenters. The zero-order chi connectivity index (χ0) is 15.4. The van der Waals surface area contributed by atoms with E-state index in [9.17, 15) is 9.59 Å². The molecule has 1 amide bonds. The van der Waals surface area contributed by atoms with Gasteiger partial charge in [-0.3, -0.25) is 9.59 Å². The van der Waals surface area contributed by atoms with Crippen molar-refractivity contribution in [3.8, 4) is 5.75 Å². The van der Waals surface area contributed by atoms with Crippen LogP contribution in [-0.2, 0) is 9.59 Å². The Kier molecular flexibility index (Phi) is 5.07. The molecule has 0 unspecified atom stereocenters. The number of carbonyl (C=O) groups excluding carboxylic acids is 1. The average molecular weight is 312 g/mol. The van der Waals surface area contributed by atoms with Crippen LogP contribution in [0.5, 0.6) is 5.75 Å². The summed E-state index contributed by atoms with van der Waals surface area (Å²) in [5.41, 5.74) is 0. The number of benzene rings is 1. The fourth-order valence-corrected chi connectivity index (χ4v) is 2.61. The van der Waals surface area contributed by atoms with Crippen LogP contribution in [0.25, 0.3) is 0 Å². The minimum atomic E-state index is -0.851. The van der Waals surface area contributed by atoms with E-state index < -0.39 is 18.0 Å². The lowest BCUT2D eigenvalue weighted by Crippen LogP contribution is -2.47. The molecule has 1 aromatic rings. The van der Waals surface area contributed by atoms with Gasteiger partial charge in [0.1, 0.15) is 5.75 Å². The highest BCUT2D eigenvalue weighted by Gasteiger charge is 2.30. The summed E-state index contributed by atoms with van der Waals surface area (Å²) in [5, 5.41) is 9.60. The number of amides is 1. The van der Waals surface area contributed by atoms with Crippen LogP contribution in [0.3, 0.4) is 0 Å². The Morgan fingerprint density at radius 2 is 2.24 bits per heavy atom. The van der Waals surface area contributed by atoms with Crippen LogP contribution in [-0.4, -0.2) is 41.1 Å². The maximum atomic E-state index is 12.3. The smallest absolute Gasteiger partial charge is 0.308 e. The largest absolute Gasteiger partial charge is 0.481 e. The van der Waals surface area contributed by atoms with E-state index in [1.807, 2.05) is 0 Å². The van der Waals surface area contributed by atoms with Crippen LogP contribution in [0.4, 0.5) is 0 Å². The molecule has 1 aliphatic heterocycles. The molecule has 1 aliphatic rings. The van der Waals surface area contributed by atoms with Crippen molar-refractivity contribution in [2.45, 2.75) is 25.9 Å². The number of carboxylic acid groups (broad SMARTS) is 1. The van der Waals surface area contributed by atoms with Gasteiger partial charge in [-0.05, 0) is 38.0 Å². The van der Waals surface area contributed by atoms with Crippen molar-refractivity contribution in [2.75, 3.05) is 13.1 Å². The van der Waals surface area contributed by atoms with E-state index in [1.165, 1.54) is 0 Å². The lowest BCUT2D eigenvalue weighted by atomic mass is 9.98. The Balaban J connectivity index is 1.97. The third-order valence-electron chi connectivity index (χ3n) is 3.54. The van der Waals surface area contributed by atoms with E-state index >= 15 is 0 Å². The van der Waals surface area contributed by atoms with Gasteiger partial charge in [0.05, 0.1) is 5.92 Å². The highest BCUT2D eigenvalue weighted by atomic mass is 35.5. The zero-order valence-electron chi connectivity index (χ0n) is 11.8. The monoisotopic (exact) mass is 311 g/mol. The summed E-state index contributed by atoms with van der Waals surface area (Å²) in [4.78, 5) is 24.9. The molecule has 1 heterocycles. The molecule has 0 bridgehead atoms. The Labute approximate surface area is 128 Å². The number of rotatable bonds is 4. The number of nitrogens with zero attached hydrogens (tertiary/aromatic N) is 1. The second-order valence-corrected chi connectivity index (χ2v) is 5.62. The first-order valence-corrected chi connectivity index (χ1v) is 7.29. The number of carboxylic acids is 1. The SMILES string of the molecule is C[C@H](Oc1cccc(Cl)c1)C(=O)N1CCC[C@H](C(=O)O)C1. The molecular weight excluding hydrogens is 294 g/mol. The van der Waals surface area contributed by atoms with Crippen molar-refractivity contribution in [3.05, 3.63) is 29.3 Å². The Hall–Kier alpha value is -1.75. The van der Waals surface area contributed by atoms with Crippen molar-refractivity contribution >= 4 is 23.5 Å². The molecule has 1 N–H and O–H groups in total. The van der Waals surface area contributed by atoms with Gasteiger partial charge in [0.25, 0.3) is 5.91 Å². The van der Waals surface area contributed by atoms with E-state index in [-0.39, 0.29) is 12.5 Å². The minimum Gasteiger partial charge on any atom is -0.481 e. The number of hydrogen-bond donors (Lipinski definition) is 1. The molecule has 0 saturated carbocycles. The summed E-state index contributed by atoms with van der Waals surface area (Å²) in [7, 11) is 0. The van der Waals surface area contributed by atoms with Gasteiger partial charge in [-0.1, -0.05) is 17.7 Å². The molecular formula is C15H18ClNO4. The van der Waals surface area contributed by atoms with Gasteiger partial charge in [-0.15, -0.1) is 0 Å².